The second kappa shape index (κ2) is 4.95. The highest BCUT2D eigenvalue weighted by Gasteiger charge is 2.18. The van der Waals surface area contributed by atoms with Gasteiger partial charge in [-0.15, -0.1) is 22.7 Å². The van der Waals surface area contributed by atoms with Crippen molar-refractivity contribution in [2.24, 2.45) is 5.73 Å². The van der Waals surface area contributed by atoms with E-state index in [1.807, 2.05) is 24.4 Å². The number of carboxylic acid groups (broad SMARTS) is 1. The summed E-state index contributed by atoms with van der Waals surface area (Å²) in [4.78, 5) is 17.0. The third-order valence-corrected chi connectivity index (χ3v) is 4.62. The lowest BCUT2D eigenvalue weighted by molar-refractivity contribution is -0.137. The number of hydrogen-bond donors (Lipinski definition) is 2. The molecule has 2 aromatic rings. The minimum Gasteiger partial charge on any atom is -0.481 e. The van der Waals surface area contributed by atoms with Crippen LogP contribution in [0, 0.1) is 6.92 Å². The van der Waals surface area contributed by atoms with Gasteiger partial charge in [-0.05, 0) is 18.4 Å². The second-order valence-corrected chi connectivity index (χ2v) is 5.63. The molecule has 2 aromatic heterocycles. The number of nitrogens with two attached hydrogens (primary N) is 1. The topological polar surface area (TPSA) is 76.2 Å². The fourth-order valence-corrected chi connectivity index (χ4v) is 3.40. The fraction of sp³-hybridized carbons (Fsp3) is 0.273. The number of rotatable bonds is 4. The zero-order valence-corrected chi connectivity index (χ0v) is 10.8. The maximum absolute atomic E-state index is 10.6. The summed E-state index contributed by atoms with van der Waals surface area (Å²) in [5.74, 6) is -0.886. The van der Waals surface area contributed by atoms with Crippen LogP contribution in [0.2, 0.25) is 0 Å². The smallest absolute Gasteiger partial charge is 0.305 e. The summed E-state index contributed by atoms with van der Waals surface area (Å²) in [6.07, 6.45) is -0.0626. The molecular formula is C11H12N2O2S2. The number of aliphatic carboxylic acids is 1. The Labute approximate surface area is 107 Å². The molecule has 0 aromatic carbocycles. The Balaban J connectivity index is 2.28. The molecule has 0 aliphatic heterocycles. The number of aromatic nitrogens is 1. The highest BCUT2D eigenvalue weighted by atomic mass is 32.1. The van der Waals surface area contributed by atoms with Crippen LogP contribution in [0.25, 0.3) is 9.88 Å². The van der Waals surface area contributed by atoms with E-state index in [4.69, 9.17) is 10.8 Å². The molecule has 0 fully saturated rings. The second-order valence-electron chi connectivity index (χ2n) is 3.65. The van der Waals surface area contributed by atoms with Crippen molar-refractivity contribution < 1.29 is 9.90 Å². The van der Waals surface area contributed by atoms with Crippen LogP contribution in [0.3, 0.4) is 0 Å². The number of nitrogens with zero attached hydrogens (tertiary/aromatic N) is 1. The lowest BCUT2D eigenvalue weighted by atomic mass is 10.1. The lowest BCUT2D eigenvalue weighted by Gasteiger charge is -2.05. The third-order valence-electron chi connectivity index (χ3n) is 2.30. The number of carboxylic acids is 1. The first kappa shape index (κ1) is 12.2. The largest absolute Gasteiger partial charge is 0.481 e. The van der Waals surface area contributed by atoms with Gasteiger partial charge in [0.15, 0.2) is 0 Å². The Bertz CT molecular complexity index is 520. The van der Waals surface area contributed by atoms with E-state index in [1.54, 1.807) is 11.3 Å². The van der Waals surface area contributed by atoms with E-state index in [9.17, 15) is 4.79 Å². The summed E-state index contributed by atoms with van der Waals surface area (Å²) in [7, 11) is 0. The molecule has 0 saturated carbocycles. The van der Waals surface area contributed by atoms with E-state index in [-0.39, 0.29) is 6.42 Å². The predicted molar refractivity (Wildman–Crippen MR) is 69.3 cm³/mol. The number of aryl methyl sites for hydroxylation is 1. The van der Waals surface area contributed by atoms with Crippen molar-refractivity contribution in [2.75, 3.05) is 0 Å². The first-order valence-electron chi connectivity index (χ1n) is 5.06. The summed E-state index contributed by atoms with van der Waals surface area (Å²) in [5.41, 5.74) is 6.68. The van der Waals surface area contributed by atoms with Crippen molar-refractivity contribution in [2.45, 2.75) is 19.4 Å². The molecule has 3 N–H and O–H groups in total. The van der Waals surface area contributed by atoms with Crippen LogP contribution in [-0.2, 0) is 4.79 Å². The molecule has 0 aliphatic rings. The van der Waals surface area contributed by atoms with Crippen LogP contribution in [0.15, 0.2) is 17.5 Å². The molecule has 0 bridgehead atoms. The van der Waals surface area contributed by atoms with Crippen molar-refractivity contribution in [3.63, 3.8) is 0 Å². The first-order valence-corrected chi connectivity index (χ1v) is 6.76. The molecule has 4 nitrogen and oxygen atoms in total. The van der Waals surface area contributed by atoms with Crippen molar-refractivity contribution in [3.8, 4) is 9.88 Å². The molecule has 1 unspecified atom stereocenters. The maximum atomic E-state index is 10.6. The Kier molecular flexibility index (Phi) is 3.56. The number of thiophene rings is 1. The lowest BCUT2D eigenvalue weighted by Crippen LogP contribution is -2.14. The number of thiazole rings is 1. The van der Waals surface area contributed by atoms with E-state index in [0.29, 0.717) is 0 Å². The van der Waals surface area contributed by atoms with Gasteiger partial charge in [0.2, 0.25) is 0 Å². The van der Waals surface area contributed by atoms with E-state index < -0.39 is 12.0 Å². The average molecular weight is 268 g/mol. The molecule has 6 heteroatoms. The molecule has 2 rings (SSSR count). The quantitative estimate of drug-likeness (QED) is 0.893. The summed E-state index contributed by atoms with van der Waals surface area (Å²) < 4.78 is 0. The highest BCUT2D eigenvalue weighted by molar-refractivity contribution is 7.21. The van der Waals surface area contributed by atoms with Gasteiger partial charge in [-0.2, -0.15) is 0 Å². The van der Waals surface area contributed by atoms with E-state index in [2.05, 4.69) is 4.98 Å². The summed E-state index contributed by atoms with van der Waals surface area (Å²) >= 11 is 3.09. The molecule has 1 atom stereocenters. The van der Waals surface area contributed by atoms with Gasteiger partial charge in [-0.1, -0.05) is 6.07 Å². The zero-order chi connectivity index (χ0) is 12.4. The van der Waals surface area contributed by atoms with Crippen molar-refractivity contribution in [1.82, 2.24) is 4.98 Å². The summed E-state index contributed by atoms with van der Waals surface area (Å²) in [6.45, 7) is 1.87. The molecule has 0 radical (unpaired) electrons. The van der Waals surface area contributed by atoms with Crippen LogP contribution in [-0.4, -0.2) is 16.1 Å². The number of carbonyl (C=O) groups is 1. The Hall–Kier alpha value is -1.24. The molecule has 2 heterocycles. The first-order chi connectivity index (χ1) is 8.08. The normalized spacial score (nSPS) is 12.6. The van der Waals surface area contributed by atoms with Crippen molar-refractivity contribution in [1.29, 1.82) is 0 Å². The van der Waals surface area contributed by atoms with Crippen molar-refractivity contribution >= 4 is 28.6 Å². The Morgan fingerprint density at radius 3 is 3.00 bits per heavy atom. The molecule has 0 amide bonds. The van der Waals surface area contributed by atoms with E-state index >= 15 is 0 Å². The molecule has 0 aliphatic carbocycles. The number of hydrogen-bond acceptors (Lipinski definition) is 5. The van der Waals surface area contributed by atoms with Gasteiger partial charge < -0.3 is 10.8 Å². The van der Waals surface area contributed by atoms with Crippen LogP contribution < -0.4 is 5.73 Å². The van der Waals surface area contributed by atoms with Crippen molar-refractivity contribution in [3.05, 3.63) is 28.1 Å². The SMILES string of the molecule is Cc1nc(-c2cccs2)sc1C(N)CC(=O)O. The van der Waals surface area contributed by atoms with E-state index in [0.717, 1.165) is 20.5 Å². The van der Waals surface area contributed by atoms with Crippen LogP contribution in [0.1, 0.15) is 23.0 Å². The monoisotopic (exact) mass is 268 g/mol. The molecule has 0 saturated heterocycles. The Morgan fingerprint density at radius 2 is 2.41 bits per heavy atom. The Morgan fingerprint density at radius 1 is 1.65 bits per heavy atom. The van der Waals surface area contributed by atoms with Gasteiger partial charge in [0.05, 0.1) is 23.0 Å². The third kappa shape index (κ3) is 2.71. The minimum atomic E-state index is -0.886. The molecule has 90 valence electrons. The fourth-order valence-electron chi connectivity index (χ4n) is 1.54. The molecular weight excluding hydrogens is 256 g/mol. The summed E-state index contributed by atoms with van der Waals surface area (Å²) in [5, 5.41) is 11.6. The summed E-state index contributed by atoms with van der Waals surface area (Å²) in [6, 6.07) is 3.49. The average Bonchev–Trinajstić information content (AvgIpc) is 2.84. The van der Waals surface area contributed by atoms with Crippen LogP contribution in [0.4, 0.5) is 0 Å². The molecule has 0 spiro atoms. The van der Waals surface area contributed by atoms with Gasteiger partial charge in [0, 0.05) is 4.88 Å². The van der Waals surface area contributed by atoms with Gasteiger partial charge in [0.1, 0.15) is 5.01 Å². The van der Waals surface area contributed by atoms with Crippen LogP contribution in [0.5, 0.6) is 0 Å². The maximum Gasteiger partial charge on any atom is 0.305 e. The molecule has 17 heavy (non-hydrogen) atoms. The van der Waals surface area contributed by atoms with Gasteiger partial charge >= 0.3 is 5.97 Å². The minimum absolute atomic E-state index is 0.0626. The zero-order valence-electron chi connectivity index (χ0n) is 9.21. The van der Waals surface area contributed by atoms with Gasteiger partial charge in [-0.25, -0.2) is 4.98 Å². The van der Waals surface area contributed by atoms with Gasteiger partial charge in [0.25, 0.3) is 0 Å². The van der Waals surface area contributed by atoms with Crippen LogP contribution >= 0.6 is 22.7 Å². The predicted octanol–water partition coefficient (Wildman–Crippen LogP) is 2.65. The standard InChI is InChI=1S/C11H12N2O2S2/c1-6-10(7(12)5-9(14)15)17-11(13-6)8-3-2-4-16-8/h2-4,7H,5,12H2,1H3,(H,14,15). The highest BCUT2D eigenvalue weighted by Crippen LogP contribution is 2.34. The van der Waals surface area contributed by atoms with E-state index in [1.165, 1.54) is 11.3 Å². The van der Waals surface area contributed by atoms with Gasteiger partial charge in [-0.3, -0.25) is 4.79 Å².